The number of rotatable bonds is 6. The molecule has 2 aromatic rings. The highest BCUT2D eigenvalue weighted by Crippen LogP contribution is 2.14. The highest BCUT2D eigenvalue weighted by Gasteiger charge is 2.21. The van der Waals surface area contributed by atoms with E-state index in [1.807, 2.05) is 69.1 Å². The SMILES string of the molecule is CC(C)N(C(=O)c1ccc(CCc2ccc(=O)n(C)c2)cc1)C(C)C. The number of nitrogens with zero attached hydrogens (tertiary/aromatic N) is 2. The summed E-state index contributed by atoms with van der Waals surface area (Å²) in [4.78, 5) is 26.0. The monoisotopic (exact) mass is 340 g/mol. The predicted octanol–water partition coefficient (Wildman–Crippen LogP) is 3.43. The molecule has 4 heteroatoms. The highest BCUT2D eigenvalue weighted by atomic mass is 16.2. The van der Waals surface area contributed by atoms with Gasteiger partial charge in [0.25, 0.3) is 5.91 Å². The van der Waals surface area contributed by atoms with E-state index in [0.29, 0.717) is 0 Å². The Morgan fingerprint density at radius 3 is 1.96 bits per heavy atom. The molecule has 0 saturated carbocycles. The molecule has 0 radical (unpaired) electrons. The predicted molar refractivity (Wildman–Crippen MR) is 102 cm³/mol. The number of pyridine rings is 1. The molecule has 2 rings (SSSR count). The Hall–Kier alpha value is -2.36. The van der Waals surface area contributed by atoms with Gasteiger partial charge in [-0.15, -0.1) is 0 Å². The molecule has 0 atom stereocenters. The number of aromatic nitrogens is 1. The summed E-state index contributed by atoms with van der Waals surface area (Å²) in [6.45, 7) is 8.16. The summed E-state index contributed by atoms with van der Waals surface area (Å²) in [6.07, 6.45) is 3.62. The van der Waals surface area contributed by atoms with E-state index in [2.05, 4.69) is 0 Å². The second-order valence-electron chi connectivity index (χ2n) is 7.08. The van der Waals surface area contributed by atoms with Gasteiger partial charge in [0.1, 0.15) is 0 Å². The second kappa shape index (κ2) is 8.15. The fraction of sp³-hybridized carbons (Fsp3) is 0.429. The number of amides is 1. The zero-order valence-electron chi connectivity index (χ0n) is 15.8. The summed E-state index contributed by atoms with van der Waals surface area (Å²) in [6, 6.07) is 11.7. The number of hydrogen-bond donors (Lipinski definition) is 0. The van der Waals surface area contributed by atoms with E-state index in [1.165, 1.54) is 5.56 Å². The van der Waals surface area contributed by atoms with E-state index in [1.54, 1.807) is 17.7 Å². The molecule has 0 spiro atoms. The summed E-state index contributed by atoms with van der Waals surface area (Å²) >= 11 is 0. The molecule has 0 unspecified atom stereocenters. The average Bonchev–Trinajstić information content (AvgIpc) is 2.55. The van der Waals surface area contributed by atoms with Gasteiger partial charge in [-0.3, -0.25) is 9.59 Å². The van der Waals surface area contributed by atoms with Crippen LogP contribution < -0.4 is 5.56 Å². The van der Waals surface area contributed by atoms with Crippen LogP contribution in [0.4, 0.5) is 0 Å². The Morgan fingerprint density at radius 1 is 0.920 bits per heavy atom. The summed E-state index contributed by atoms with van der Waals surface area (Å²) in [7, 11) is 1.77. The average molecular weight is 340 g/mol. The van der Waals surface area contributed by atoms with Gasteiger partial charge in [-0.1, -0.05) is 18.2 Å². The third-order valence-corrected chi connectivity index (χ3v) is 4.40. The first-order chi connectivity index (χ1) is 11.8. The van der Waals surface area contributed by atoms with Crippen molar-refractivity contribution in [3.05, 3.63) is 69.6 Å². The molecule has 4 nitrogen and oxygen atoms in total. The Bertz CT molecular complexity index is 765. The molecule has 0 N–H and O–H groups in total. The van der Waals surface area contributed by atoms with Crippen molar-refractivity contribution < 1.29 is 4.79 Å². The zero-order valence-corrected chi connectivity index (χ0v) is 15.8. The van der Waals surface area contributed by atoms with E-state index < -0.39 is 0 Å². The molecular weight excluding hydrogens is 312 g/mol. The van der Waals surface area contributed by atoms with Crippen LogP contribution in [0, 0.1) is 0 Å². The maximum Gasteiger partial charge on any atom is 0.254 e. The van der Waals surface area contributed by atoms with Crippen LogP contribution in [-0.2, 0) is 19.9 Å². The van der Waals surface area contributed by atoms with Gasteiger partial charge in [-0.2, -0.15) is 0 Å². The number of carbonyl (C=O) groups is 1. The molecule has 0 aliphatic carbocycles. The molecule has 1 aromatic carbocycles. The molecular formula is C21H28N2O2. The summed E-state index contributed by atoms with van der Waals surface area (Å²) < 4.78 is 1.60. The molecule has 0 aliphatic rings. The minimum Gasteiger partial charge on any atom is -0.334 e. The van der Waals surface area contributed by atoms with Crippen molar-refractivity contribution >= 4 is 5.91 Å². The third kappa shape index (κ3) is 4.81. The molecule has 1 heterocycles. The first kappa shape index (κ1) is 19.0. The fourth-order valence-corrected chi connectivity index (χ4v) is 3.12. The van der Waals surface area contributed by atoms with Gasteiger partial charge in [-0.05, 0) is 63.8 Å². The lowest BCUT2D eigenvalue weighted by molar-refractivity contribution is 0.0643. The van der Waals surface area contributed by atoms with Gasteiger partial charge in [0.15, 0.2) is 0 Å². The van der Waals surface area contributed by atoms with Crippen molar-refractivity contribution in [2.24, 2.45) is 7.05 Å². The lowest BCUT2D eigenvalue weighted by Gasteiger charge is -2.30. The Balaban J connectivity index is 2.05. The van der Waals surface area contributed by atoms with E-state index in [-0.39, 0.29) is 23.6 Å². The minimum absolute atomic E-state index is 0.00599. The van der Waals surface area contributed by atoms with Crippen LogP contribution in [0.25, 0.3) is 0 Å². The lowest BCUT2D eigenvalue weighted by Crippen LogP contribution is -2.42. The van der Waals surface area contributed by atoms with Gasteiger partial charge in [0.2, 0.25) is 5.56 Å². The third-order valence-electron chi connectivity index (χ3n) is 4.40. The topological polar surface area (TPSA) is 42.3 Å². The van der Waals surface area contributed by atoms with Crippen molar-refractivity contribution in [3.63, 3.8) is 0 Å². The van der Waals surface area contributed by atoms with Crippen LogP contribution in [0.5, 0.6) is 0 Å². The quantitative estimate of drug-likeness (QED) is 0.808. The summed E-state index contributed by atoms with van der Waals surface area (Å²) in [5, 5.41) is 0. The molecule has 25 heavy (non-hydrogen) atoms. The Morgan fingerprint density at radius 2 is 1.44 bits per heavy atom. The van der Waals surface area contributed by atoms with E-state index in [4.69, 9.17) is 0 Å². The van der Waals surface area contributed by atoms with Gasteiger partial charge >= 0.3 is 0 Å². The highest BCUT2D eigenvalue weighted by molar-refractivity contribution is 5.94. The van der Waals surface area contributed by atoms with Crippen LogP contribution in [-0.4, -0.2) is 27.5 Å². The normalized spacial score (nSPS) is 11.2. The maximum atomic E-state index is 12.7. The van der Waals surface area contributed by atoms with Crippen molar-refractivity contribution in [1.82, 2.24) is 9.47 Å². The molecule has 1 amide bonds. The molecule has 0 fully saturated rings. The van der Waals surface area contributed by atoms with E-state index in [0.717, 1.165) is 24.0 Å². The largest absolute Gasteiger partial charge is 0.334 e. The second-order valence-corrected chi connectivity index (χ2v) is 7.08. The van der Waals surface area contributed by atoms with Crippen LogP contribution in [0.3, 0.4) is 0 Å². The molecule has 0 bridgehead atoms. The van der Waals surface area contributed by atoms with Crippen molar-refractivity contribution in [1.29, 1.82) is 0 Å². The molecule has 0 saturated heterocycles. The summed E-state index contributed by atoms with van der Waals surface area (Å²) in [5.74, 6) is 0.0783. The van der Waals surface area contributed by atoms with Crippen molar-refractivity contribution in [2.75, 3.05) is 0 Å². The Labute approximate surface area is 150 Å². The summed E-state index contributed by atoms with van der Waals surface area (Å²) in [5.41, 5.74) is 3.05. The molecule has 0 aliphatic heterocycles. The van der Waals surface area contributed by atoms with Gasteiger partial charge in [0, 0.05) is 37.0 Å². The zero-order chi connectivity index (χ0) is 18.6. The Kier molecular flexibility index (Phi) is 6.18. The lowest BCUT2D eigenvalue weighted by atomic mass is 10.0. The standard InChI is InChI=1S/C21H28N2O2/c1-15(2)23(16(3)4)21(25)19-11-8-17(9-12-19)6-7-18-10-13-20(24)22(5)14-18/h8-16H,6-7H2,1-5H3. The first-order valence-corrected chi connectivity index (χ1v) is 8.86. The van der Waals surface area contributed by atoms with E-state index >= 15 is 0 Å². The van der Waals surface area contributed by atoms with Crippen LogP contribution >= 0.6 is 0 Å². The number of carbonyl (C=O) groups excluding carboxylic acids is 1. The number of hydrogen-bond acceptors (Lipinski definition) is 2. The fourth-order valence-electron chi connectivity index (χ4n) is 3.12. The first-order valence-electron chi connectivity index (χ1n) is 8.86. The van der Waals surface area contributed by atoms with Crippen molar-refractivity contribution in [2.45, 2.75) is 52.6 Å². The van der Waals surface area contributed by atoms with E-state index in [9.17, 15) is 9.59 Å². The number of benzene rings is 1. The van der Waals surface area contributed by atoms with Gasteiger partial charge < -0.3 is 9.47 Å². The molecule has 1 aromatic heterocycles. The minimum atomic E-state index is 0.00599. The van der Waals surface area contributed by atoms with Crippen molar-refractivity contribution in [3.8, 4) is 0 Å². The maximum absolute atomic E-state index is 12.7. The smallest absolute Gasteiger partial charge is 0.254 e. The van der Waals surface area contributed by atoms with Crippen LogP contribution in [0.1, 0.15) is 49.2 Å². The van der Waals surface area contributed by atoms with Gasteiger partial charge in [0.05, 0.1) is 0 Å². The number of aryl methyl sites for hydroxylation is 3. The molecule has 134 valence electrons. The van der Waals surface area contributed by atoms with Gasteiger partial charge in [-0.25, -0.2) is 0 Å². The van der Waals surface area contributed by atoms with Crippen LogP contribution in [0.15, 0.2) is 47.4 Å². The van der Waals surface area contributed by atoms with Crippen LogP contribution in [0.2, 0.25) is 0 Å².